The Morgan fingerprint density at radius 1 is 1.17 bits per heavy atom. The molecule has 0 aromatic heterocycles. The molecule has 0 heterocycles. The van der Waals surface area contributed by atoms with E-state index < -0.39 is 0 Å². The van der Waals surface area contributed by atoms with E-state index >= 15 is 0 Å². The molecule has 0 aliphatic heterocycles. The van der Waals surface area contributed by atoms with Gasteiger partial charge in [-0.25, -0.2) is 0 Å². The zero-order valence-corrected chi connectivity index (χ0v) is 12.2. The zero-order valence-electron chi connectivity index (χ0n) is 9.86. The fourth-order valence-electron chi connectivity index (χ4n) is 1.60. The van der Waals surface area contributed by atoms with Crippen molar-refractivity contribution in [3.63, 3.8) is 0 Å². The first-order chi connectivity index (χ1) is 8.56. The largest absolute Gasteiger partial charge is 0.484 e. The van der Waals surface area contributed by atoms with Crippen molar-refractivity contribution in [2.75, 3.05) is 5.73 Å². The summed E-state index contributed by atoms with van der Waals surface area (Å²) in [5, 5.41) is 0.716. The molecule has 0 spiro atoms. The normalized spacial score (nSPS) is 12.2. The van der Waals surface area contributed by atoms with Crippen LogP contribution in [0.15, 0.2) is 46.9 Å². The van der Waals surface area contributed by atoms with Crippen molar-refractivity contribution in [3.8, 4) is 5.75 Å². The molecule has 4 heteroatoms. The third-order valence-electron chi connectivity index (χ3n) is 2.62. The lowest BCUT2D eigenvalue weighted by Gasteiger charge is -2.16. The minimum atomic E-state index is -0.0844. The van der Waals surface area contributed by atoms with Crippen LogP contribution < -0.4 is 10.5 Å². The lowest BCUT2D eigenvalue weighted by Crippen LogP contribution is -2.04. The van der Waals surface area contributed by atoms with Crippen LogP contribution in [0.1, 0.15) is 18.6 Å². The van der Waals surface area contributed by atoms with Gasteiger partial charge in [-0.3, -0.25) is 0 Å². The molecule has 0 saturated heterocycles. The van der Waals surface area contributed by atoms with E-state index in [4.69, 9.17) is 22.1 Å². The van der Waals surface area contributed by atoms with Crippen LogP contribution in [0.2, 0.25) is 5.02 Å². The highest BCUT2D eigenvalue weighted by atomic mass is 79.9. The van der Waals surface area contributed by atoms with Crippen LogP contribution in [0.25, 0.3) is 0 Å². The van der Waals surface area contributed by atoms with E-state index in [1.165, 1.54) is 0 Å². The van der Waals surface area contributed by atoms with Crippen molar-refractivity contribution in [1.29, 1.82) is 0 Å². The molecule has 0 aliphatic rings. The van der Waals surface area contributed by atoms with Crippen molar-refractivity contribution in [3.05, 3.63) is 57.5 Å². The molecule has 94 valence electrons. The van der Waals surface area contributed by atoms with Crippen LogP contribution in [0.4, 0.5) is 5.69 Å². The monoisotopic (exact) mass is 325 g/mol. The highest BCUT2D eigenvalue weighted by Crippen LogP contribution is 2.30. The molecule has 0 aliphatic carbocycles. The van der Waals surface area contributed by atoms with E-state index in [2.05, 4.69) is 15.9 Å². The molecule has 1 atom stereocenters. The molecule has 18 heavy (non-hydrogen) atoms. The van der Waals surface area contributed by atoms with Gasteiger partial charge in [-0.05, 0) is 42.8 Å². The number of halogens is 2. The fraction of sp³-hybridized carbons (Fsp3) is 0.143. The van der Waals surface area contributed by atoms with E-state index in [1.807, 2.05) is 49.4 Å². The van der Waals surface area contributed by atoms with Crippen LogP contribution in [0, 0.1) is 0 Å². The predicted octanol–water partition coefficient (Wildman–Crippen LogP) is 4.82. The molecule has 2 aromatic carbocycles. The van der Waals surface area contributed by atoms with Gasteiger partial charge in [-0.1, -0.05) is 39.7 Å². The lowest BCUT2D eigenvalue weighted by molar-refractivity contribution is 0.228. The van der Waals surface area contributed by atoms with Crippen LogP contribution in [0.5, 0.6) is 5.75 Å². The molecule has 0 bridgehead atoms. The van der Waals surface area contributed by atoms with Crippen LogP contribution in [-0.4, -0.2) is 0 Å². The Labute approximate surface area is 120 Å². The summed E-state index contributed by atoms with van der Waals surface area (Å²) in [5.74, 6) is 0.673. The molecule has 0 fully saturated rings. The van der Waals surface area contributed by atoms with E-state index in [1.54, 1.807) is 0 Å². The summed E-state index contributed by atoms with van der Waals surface area (Å²) in [7, 11) is 0. The van der Waals surface area contributed by atoms with Crippen molar-refractivity contribution < 1.29 is 4.74 Å². The molecule has 0 radical (unpaired) electrons. The molecular weight excluding hydrogens is 314 g/mol. The van der Waals surface area contributed by atoms with Crippen molar-refractivity contribution in [2.24, 2.45) is 0 Å². The Balaban J connectivity index is 2.18. The minimum Gasteiger partial charge on any atom is -0.484 e. The van der Waals surface area contributed by atoms with E-state index in [-0.39, 0.29) is 6.10 Å². The van der Waals surface area contributed by atoms with Crippen LogP contribution >= 0.6 is 27.5 Å². The number of nitrogen functional groups attached to an aromatic ring is 1. The van der Waals surface area contributed by atoms with Crippen molar-refractivity contribution >= 4 is 33.2 Å². The van der Waals surface area contributed by atoms with Gasteiger partial charge in [0, 0.05) is 9.50 Å². The third-order valence-corrected chi connectivity index (χ3v) is 3.36. The Kier molecular flexibility index (Phi) is 4.15. The van der Waals surface area contributed by atoms with E-state index in [9.17, 15) is 0 Å². The maximum absolute atomic E-state index is 5.87. The summed E-state index contributed by atoms with van der Waals surface area (Å²) < 4.78 is 6.79. The molecule has 0 unspecified atom stereocenters. The maximum atomic E-state index is 5.87. The molecule has 2 N–H and O–H groups in total. The highest BCUT2D eigenvalue weighted by molar-refractivity contribution is 9.10. The molecule has 2 rings (SSSR count). The SMILES string of the molecule is C[C@H](Oc1cc(Br)ccc1N)c1ccc(Cl)cc1. The molecule has 2 aromatic rings. The summed E-state index contributed by atoms with van der Waals surface area (Å²) in [6, 6.07) is 13.1. The van der Waals surface area contributed by atoms with Gasteiger partial charge in [0.1, 0.15) is 11.9 Å². The summed E-state index contributed by atoms with van der Waals surface area (Å²) in [4.78, 5) is 0. The topological polar surface area (TPSA) is 35.2 Å². The Bertz CT molecular complexity index is 542. The zero-order chi connectivity index (χ0) is 13.1. The highest BCUT2D eigenvalue weighted by Gasteiger charge is 2.09. The van der Waals surface area contributed by atoms with Gasteiger partial charge in [0.25, 0.3) is 0 Å². The van der Waals surface area contributed by atoms with Gasteiger partial charge in [-0.15, -0.1) is 0 Å². The van der Waals surface area contributed by atoms with Gasteiger partial charge in [-0.2, -0.15) is 0 Å². The lowest BCUT2D eigenvalue weighted by atomic mass is 10.1. The fourth-order valence-corrected chi connectivity index (χ4v) is 2.07. The molecule has 0 amide bonds. The van der Waals surface area contributed by atoms with Gasteiger partial charge in [0.2, 0.25) is 0 Å². The van der Waals surface area contributed by atoms with Gasteiger partial charge >= 0.3 is 0 Å². The molecule has 2 nitrogen and oxygen atoms in total. The number of nitrogens with two attached hydrogens (primary N) is 1. The molecule has 0 saturated carbocycles. The maximum Gasteiger partial charge on any atom is 0.144 e. The van der Waals surface area contributed by atoms with Crippen molar-refractivity contribution in [1.82, 2.24) is 0 Å². The van der Waals surface area contributed by atoms with Gasteiger partial charge < -0.3 is 10.5 Å². The molecular formula is C14H13BrClNO. The summed E-state index contributed by atoms with van der Waals surface area (Å²) in [6.07, 6.45) is -0.0844. The van der Waals surface area contributed by atoms with Crippen LogP contribution in [-0.2, 0) is 0 Å². The summed E-state index contributed by atoms with van der Waals surface area (Å²) >= 11 is 9.25. The number of benzene rings is 2. The van der Waals surface area contributed by atoms with Crippen molar-refractivity contribution in [2.45, 2.75) is 13.0 Å². The number of hydrogen-bond donors (Lipinski definition) is 1. The van der Waals surface area contributed by atoms with E-state index in [0.29, 0.717) is 16.5 Å². The summed E-state index contributed by atoms with van der Waals surface area (Å²) in [5.41, 5.74) is 7.55. The second-order valence-electron chi connectivity index (χ2n) is 3.99. The third kappa shape index (κ3) is 3.18. The van der Waals surface area contributed by atoms with Crippen LogP contribution in [0.3, 0.4) is 0 Å². The number of anilines is 1. The number of rotatable bonds is 3. The standard InChI is InChI=1S/C14H13BrClNO/c1-9(10-2-5-12(16)6-3-10)18-14-8-11(15)4-7-13(14)17/h2-9H,17H2,1H3/t9-/m0/s1. The number of ether oxygens (including phenoxy) is 1. The first kappa shape index (κ1) is 13.2. The first-order valence-electron chi connectivity index (χ1n) is 5.53. The predicted molar refractivity (Wildman–Crippen MR) is 79.0 cm³/mol. The average molecular weight is 327 g/mol. The van der Waals surface area contributed by atoms with Gasteiger partial charge in [0.05, 0.1) is 5.69 Å². The number of hydrogen-bond acceptors (Lipinski definition) is 2. The second-order valence-corrected chi connectivity index (χ2v) is 5.35. The Morgan fingerprint density at radius 3 is 2.50 bits per heavy atom. The Morgan fingerprint density at radius 2 is 1.83 bits per heavy atom. The average Bonchev–Trinajstić information content (AvgIpc) is 2.34. The minimum absolute atomic E-state index is 0.0844. The quantitative estimate of drug-likeness (QED) is 0.820. The Hall–Kier alpha value is -1.19. The summed E-state index contributed by atoms with van der Waals surface area (Å²) in [6.45, 7) is 1.98. The second kappa shape index (κ2) is 5.63. The smallest absolute Gasteiger partial charge is 0.144 e. The van der Waals surface area contributed by atoms with Gasteiger partial charge in [0.15, 0.2) is 0 Å². The van der Waals surface area contributed by atoms with E-state index in [0.717, 1.165) is 10.0 Å². The first-order valence-corrected chi connectivity index (χ1v) is 6.70.